The Morgan fingerprint density at radius 3 is 2.34 bits per heavy atom. The maximum Gasteiger partial charge on any atom is 0.342 e. The molecule has 0 heterocycles. The number of nitrogens with one attached hydrogen (secondary N) is 1. The third kappa shape index (κ3) is 4.75. The van der Waals surface area contributed by atoms with Crippen molar-refractivity contribution in [2.24, 2.45) is 0 Å². The summed E-state index contributed by atoms with van der Waals surface area (Å²) in [5, 5.41) is 22.7. The van der Waals surface area contributed by atoms with Gasteiger partial charge in [0.1, 0.15) is 17.9 Å². The Kier molecular flexibility index (Phi) is 5.84. The summed E-state index contributed by atoms with van der Waals surface area (Å²) < 4.78 is 5.75. The van der Waals surface area contributed by atoms with E-state index < -0.39 is 28.1 Å². The average Bonchev–Trinajstić information content (AvgIpc) is 2.73. The Labute approximate surface area is 165 Å². The lowest BCUT2D eigenvalue weighted by Gasteiger charge is -2.12. The number of benzene rings is 3. The largest absolute Gasteiger partial charge is 0.488 e. The molecule has 29 heavy (non-hydrogen) atoms. The molecule has 0 aliphatic carbocycles. The number of nitro benzene ring substituents is 1. The third-order valence-corrected chi connectivity index (χ3v) is 4.05. The second-order valence-electron chi connectivity index (χ2n) is 6.02. The summed E-state index contributed by atoms with van der Waals surface area (Å²) >= 11 is 0. The number of carbonyl (C=O) groups excluding carboxylic acids is 1. The van der Waals surface area contributed by atoms with Gasteiger partial charge in [0.25, 0.3) is 11.6 Å². The molecule has 0 spiro atoms. The van der Waals surface area contributed by atoms with E-state index in [1.165, 1.54) is 6.07 Å². The number of para-hydroxylation sites is 1. The summed E-state index contributed by atoms with van der Waals surface area (Å²) in [7, 11) is 0. The lowest BCUT2D eigenvalue weighted by atomic mass is 10.1. The van der Waals surface area contributed by atoms with Gasteiger partial charge in [0, 0.05) is 11.8 Å². The number of carboxylic acids is 1. The first kappa shape index (κ1) is 19.6. The van der Waals surface area contributed by atoms with Crippen LogP contribution in [0.25, 0.3) is 0 Å². The Morgan fingerprint density at radius 1 is 0.966 bits per heavy atom. The molecule has 0 radical (unpaired) electrons. The van der Waals surface area contributed by atoms with Gasteiger partial charge >= 0.3 is 5.97 Å². The van der Waals surface area contributed by atoms with Gasteiger partial charge in [-0.25, -0.2) is 4.79 Å². The fourth-order valence-corrected chi connectivity index (χ4v) is 2.66. The number of carboxylic acid groups (broad SMARTS) is 1. The molecular formula is C21H16N2O6. The van der Waals surface area contributed by atoms with Gasteiger partial charge in [0.2, 0.25) is 0 Å². The quantitative estimate of drug-likeness (QED) is 0.461. The number of nitrogens with zero attached hydrogens (tertiary/aromatic N) is 1. The van der Waals surface area contributed by atoms with Gasteiger partial charge in [0.15, 0.2) is 0 Å². The van der Waals surface area contributed by atoms with Crippen molar-refractivity contribution in [3.8, 4) is 5.75 Å². The van der Waals surface area contributed by atoms with Gasteiger partial charge < -0.3 is 15.2 Å². The summed E-state index contributed by atoms with van der Waals surface area (Å²) in [6.07, 6.45) is 0. The zero-order chi connectivity index (χ0) is 20.8. The molecule has 0 aliphatic heterocycles. The predicted molar refractivity (Wildman–Crippen MR) is 105 cm³/mol. The van der Waals surface area contributed by atoms with E-state index in [0.717, 1.165) is 17.7 Å². The molecule has 3 aromatic rings. The van der Waals surface area contributed by atoms with Crippen LogP contribution in [0.5, 0.6) is 5.75 Å². The zero-order valence-electron chi connectivity index (χ0n) is 15.1. The summed E-state index contributed by atoms with van der Waals surface area (Å²) in [6, 6.07) is 19.4. The van der Waals surface area contributed by atoms with Gasteiger partial charge in [-0.15, -0.1) is 0 Å². The average molecular weight is 392 g/mol. The summed E-state index contributed by atoms with van der Waals surface area (Å²) in [4.78, 5) is 34.1. The van der Waals surface area contributed by atoms with E-state index in [0.29, 0.717) is 5.75 Å². The van der Waals surface area contributed by atoms with E-state index in [4.69, 9.17) is 9.84 Å². The summed E-state index contributed by atoms with van der Waals surface area (Å²) in [5.74, 6) is -1.61. The van der Waals surface area contributed by atoms with Crippen LogP contribution in [-0.4, -0.2) is 21.9 Å². The first-order chi connectivity index (χ1) is 14.0. The van der Waals surface area contributed by atoms with Crippen LogP contribution in [0, 0.1) is 10.1 Å². The zero-order valence-corrected chi connectivity index (χ0v) is 15.1. The molecule has 3 rings (SSSR count). The SMILES string of the molecule is O=C(Nc1ccc(C(=O)O)c([N+](=O)[O-])c1)c1ccccc1OCc1ccccc1. The molecule has 3 aromatic carbocycles. The number of rotatable bonds is 7. The predicted octanol–water partition coefficient (Wildman–Crippen LogP) is 4.12. The Balaban J connectivity index is 1.80. The van der Waals surface area contributed by atoms with Gasteiger partial charge in [0.05, 0.1) is 10.5 Å². The number of anilines is 1. The minimum atomic E-state index is -1.42. The number of nitro groups is 1. The maximum atomic E-state index is 12.7. The highest BCUT2D eigenvalue weighted by atomic mass is 16.6. The highest BCUT2D eigenvalue weighted by Crippen LogP contribution is 2.25. The van der Waals surface area contributed by atoms with Crippen LogP contribution in [0.3, 0.4) is 0 Å². The van der Waals surface area contributed by atoms with Crippen LogP contribution < -0.4 is 10.1 Å². The fraction of sp³-hybridized carbons (Fsp3) is 0.0476. The summed E-state index contributed by atoms with van der Waals surface area (Å²) in [6.45, 7) is 0.268. The Bertz CT molecular complexity index is 1070. The fourth-order valence-electron chi connectivity index (χ4n) is 2.66. The second kappa shape index (κ2) is 8.66. The number of ether oxygens (including phenoxy) is 1. The van der Waals surface area contributed by atoms with E-state index in [2.05, 4.69) is 5.32 Å². The van der Waals surface area contributed by atoms with Crippen molar-refractivity contribution in [3.05, 3.63) is 99.6 Å². The molecule has 0 saturated heterocycles. The molecule has 8 heteroatoms. The van der Waals surface area contributed by atoms with E-state index in [9.17, 15) is 19.7 Å². The van der Waals surface area contributed by atoms with Crippen molar-refractivity contribution in [2.75, 3.05) is 5.32 Å². The van der Waals surface area contributed by atoms with Crippen LogP contribution in [0.2, 0.25) is 0 Å². The van der Waals surface area contributed by atoms with Crippen molar-refractivity contribution >= 4 is 23.3 Å². The molecule has 0 fully saturated rings. The van der Waals surface area contributed by atoms with Crippen molar-refractivity contribution in [3.63, 3.8) is 0 Å². The van der Waals surface area contributed by atoms with E-state index >= 15 is 0 Å². The van der Waals surface area contributed by atoms with Crippen molar-refractivity contribution in [1.82, 2.24) is 0 Å². The van der Waals surface area contributed by atoms with Crippen LogP contribution in [0.1, 0.15) is 26.3 Å². The van der Waals surface area contributed by atoms with E-state index in [1.54, 1.807) is 24.3 Å². The summed E-state index contributed by atoms with van der Waals surface area (Å²) in [5.41, 5.74) is 0.212. The molecule has 2 N–H and O–H groups in total. The molecule has 0 atom stereocenters. The van der Waals surface area contributed by atoms with E-state index in [1.807, 2.05) is 30.3 Å². The van der Waals surface area contributed by atoms with Crippen LogP contribution in [0.4, 0.5) is 11.4 Å². The molecule has 8 nitrogen and oxygen atoms in total. The van der Waals surface area contributed by atoms with Gasteiger partial charge in [-0.1, -0.05) is 42.5 Å². The molecule has 0 unspecified atom stereocenters. The smallest absolute Gasteiger partial charge is 0.342 e. The molecule has 0 aromatic heterocycles. The molecule has 0 aliphatic rings. The number of hydrogen-bond donors (Lipinski definition) is 2. The van der Waals surface area contributed by atoms with Gasteiger partial charge in [-0.05, 0) is 29.8 Å². The third-order valence-electron chi connectivity index (χ3n) is 4.05. The van der Waals surface area contributed by atoms with Crippen LogP contribution in [-0.2, 0) is 6.61 Å². The maximum absolute atomic E-state index is 12.7. The molecule has 0 bridgehead atoms. The number of amides is 1. The Morgan fingerprint density at radius 2 is 1.66 bits per heavy atom. The number of carbonyl (C=O) groups is 2. The lowest BCUT2D eigenvalue weighted by molar-refractivity contribution is -0.385. The molecule has 146 valence electrons. The minimum absolute atomic E-state index is 0.101. The topological polar surface area (TPSA) is 119 Å². The normalized spacial score (nSPS) is 10.2. The van der Waals surface area contributed by atoms with Crippen molar-refractivity contribution in [2.45, 2.75) is 6.61 Å². The number of aromatic carboxylic acids is 1. The first-order valence-electron chi connectivity index (χ1n) is 8.54. The van der Waals surface area contributed by atoms with Gasteiger partial charge in [-0.2, -0.15) is 0 Å². The molecular weight excluding hydrogens is 376 g/mol. The molecule has 0 saturated carbocycles. The second-order valence-corrected chi connectivity index (χ2v) is 6.02. The van der Waals surface area contributed by atoms with Crippen molar-refractivity contribution in [1.29, 1.82) is 0 Å². The lowest BCUT2D eigenvalue weighted by Crippen LogP contribution is -2.14. The highest BCUT2D eigenvalue weighted by Gasteiger charge is 2.21. The monoisotopic (exact) mass is 392 g/mol. The van der Waals surface area contributed by atoms with Gasteiger partial charge in [-0.3, -0.25) is 14.9 Å². The molecule has 1 amide bonds. The number of hydrogen-bond acceptors (Lipinski definition) is 5. The highest BCUT2D eigenvalue weighted by molar-refractivity contribution is 6.06. The van der Waals surface area contributed by atoms with Crippen LogP contribution in [0.15, 0.2) is 72.8 Å². The Hall–Kier alpha value is -4.20. The minimum Gasteiger partial charge on any atom is -0.488 e. The van der Waals surface area contributed by atoms with E-state index in [-0.39, 0.29) is 17.9 Å². The van der Waals surface area contributed by atoms with Crippen molar-refractivity contribution < 1.29 is 24.4 Å². The first-order valence-corrected chi connectivity index (χ1v) is 8.54. The standard InChI is InChI=1S/C21H16N2O6/c24-20(22-15-10-11-16(21(25)26)18(12-15)23(27)28)17-8-4-5-9-19(17)29-13-14-6-2-1-3-7-14/h1-12H,13H2,(H,22,24)(H,25,26). The van der Waals surface area contributed by atoms with Crippen LogP contribution >= 0.6 is 0 Å².